The summed E-state index contributed by atoms with van der Waals surface area (Å²) in [5.74, 6) is 0.979. The molecule has 56 valence electrons. The summed E-state index contributed by atoms with van der Waals surface area (Å²) in [5, 5.41) is 2.34. The predicted molar refractivity (Wildman–Crippen MR) is 48.7 cm³/mol. The maximum atomic E-state index is 5.25. The second-order valence-electron chi connectivity index (χ2n) is 2.52. The molecule has 0 radical (unpaired) electrons. The zero-order valence-corrected chi connectivity index (χ0v) is 7.68. The van der Waals surface area contributed by atoms with E-state index in [1.54, 1.807) is 6.26 Å². The first-order chi connectivity index (χ1) is 5.27. The van der Waals surface area contributed by atoms with Crippen LogP contribution in [-0.2, 0) is 0 Å². The van der Waals surface area contributed by atoms with Gasteiger partial charge in [-0.25, -0.2) is 0 Å². The topological polar surface area (TPSA) is 13.1 Å². The van der Waals surface area contributed by atoms with Gasteiger partial charge in [0.1, 0.15) is 5.76 Å². The van der Waals surface area contributed by atoms with Crippen LogP contribution in [0.4, 0.5) is 0 Å². The van der Waals surface area contributed by atoms with Gasteiger partial charge < -0.3 is 4.42 Å². The number of benzene rings is 1. The summed E-state index contributed by atoms with van der Waals surface area (Å²) < 4.78 is 6.34. The van der Waals surface area contributed by atoms with Gasteiger partial charge in [-0.1, -0.05) is 15.9 Å². The molecule has 0 aliphatic rings. The molecule has 0 bridgehead atoms. The number of halogens is 1. The van der Waals surface area contributed by atoms with E-state index in [0.717, 1.165) is 15.6 Å². The van der Waals surface area contributed by atoms with Gasteiger partial charge in [0.2, 0.25) is 0 Å². The van der Waals surface area contributed by atoms with E-state index in [0.29, 0.717) is 0 Å². The second-order valence-corrected chi connectivity index (χ2v) is 3.44. The van der Waals surface area contributed by atoms with E-state index in [1.165, 1.54) is 5.39 Å². The van der Waals surface area contributed by atoms with Gasteiger partial charge in [0.15, 0.2) is 0 Å². The van der Waals surface area contributed by atoms with E-state index in [-0.39, 0.29) is 0 Å². The Bertz CT molecular complexity index is 389. The Hall–Kier alpha value is -0.760. The maximum absolute atomic E-state index is 5.25. The van der Waals surface area contributed by atoms with Crippen molar-refractivity contribution in [3.05, 3.63) is 34.7 Å². The Kier molecular flexibility index (Phi) is 1.50. The first-order valence-electron chi connectivity index (χ1n) is 3.41. The molecule has 2 aromatic rings. The highest BCUT2D eigenvalue weighted by atomic mass is 79.9. The minimum Gasteiger partial charge on any atom is -0.468 e. The third-order valence-corrected chi connectivity index (χ3v) is 2.25. The Morgan fingerprint density at radius 1 is 1.36 bits per heavy atom. The molecule has 1 heterocycles. The van der Waals surface area contributed by atoms with Crippen molar-refractivity contribution in [2.75, 3.05) is 0 Å². The van der Waals surface area contributed by atoms with Crippen LogP contribution in [0.1, 0.15) is 5.76 Å². The Labute approximate surface area is 73.1 Å². The number of rotatable bonds is 0. The zero-order chi connectivity index (χ0) is 7.84. The fraction of sp³-hybridized carbons (Fsp3) is 0.111. The normalized spacial score (nSPS) is 10.7. The molecule has 2 heteroatoms. The molecule has 0 spiro atoms. The number of fused-ring (bicyclic) bond motifs is 1. The lowest BCUT2D eigenvalue weighted by atomic mass is 10.2. The summed E-state index contributed by atoms with van der Waals surface area (Å²) >= 11 is 3.40. The number of furan rings is 1. The van der Waals surface area contributed by atoms with Crippen LogP contribution in [0.2, 0.25) is 0 Å². The predicted octanol–water partition coefficient (Wildman–Crippen LogP) is 3.50. The first-order valence-corrected chi connectivity index (χ1v) is 4.20. The van der Waals surface area contributed by atoms with Gasteiger partial charge in [-0.2, -0.15) is 0 Å². The molecule has 2 rings (SSSR count). The highest BCUT2D eigenvalue weighted by molar-refractivity contribution is 9.10. The Morgan fingerprint density at radius 2 is 2.18 bits per heavy atom. The van der Waals surface area contributed by atoms with Crippen LogP contribution in [-0.4, -0.2) is 0 Å². The lowest BCUT2D eigenvalue weighted by Gasteiger charge is -1.89. The molecule has 0 fully saturated rings. The quantitative estimate of drug-likeness (QED) is 0.649. The van der Waals surface area contributed by atoms with Crippen LogP contribution in [0.15, 0.2) is 33.4 Å². The molecule has 0 aliphatic carbocycles. The number of hydrogen-bond acceptors (Lipinski definition) is 1. The van der Waals surface area contributed by atoms with Crippen molar-refractivity contribution in [2.24, 2.45) is 0 Å². The van der Waals surface area contributed by atoms with Crippen molar-refractivity contribution in [2.45, 2.75) is 6.92 Å². The molecular weight excluding hydrogens is 204 g/mol. The second kappa shape index (κ2) is 2.38. The van der Waals surface area contributed by atoms with Crippen molar-refractivity contribution in [1.29, 1.82) is 0 Å². The van der Waals surface area contributed by atoms with Crippen LogP contribution in [0, 0.1) is 6.92 Å². The lowest BCUT2D eigenvalue weighted by molar-refractivity contribution is 0.540. The smallest absolute Gasteiger partial charge is 0.108 e. The van der Waals surface area contributed by atoms with Crippen LogP contribution in [0.5, 0.6) is 0 Å². The molecule has 0 amide bonds. The molecule has 1 aromatic heterocycles. The molecule has 1 aromatic carbocycles. The average molecular weight is 211 g/mol. The van der Waals surface area contributed by atoms with Crippen molar-refractivity contribution in [3.8, 4) is 0 Å². The third kappa shape index (κ3) is 1.07. The van der Waals surface area contributed by atoms with Gasteiger partial charge in [0.05, 0.1) is 6.26 Å². The van der Waals surface area contributed by atoms with Gasteiger partial charge in [-0.15, -0.1) is 0 Å². The molecule has 0 atom stereocenters. The van der Waals surface area contributed by atoms with E-state index < -0.39 is 0 Å². The van der Waals surface area contributed by atoms with Crippen molar-refractivity contribution >= 4 is 26.7 Å². The molecule has 0 N–H and O–H groups in total. The summed E-state index contributed by atoms with van der Waals surface area (Å²) in [6.07, 6.45) is 1.77. The van der Waals surface area contributed by atoms with Crippen LogP contribution in [0.25, 0.3) is 10.8 Å². The van der Waals surface area contributed by atoms with Gasteiger partial charge in [-0.3, -0.25) is 0 Å². The molecular formula is C9H7BrO. The molecule has 11 heavy (non-hydrogen) atoms. The highest BCUT2D eigenvalue weighted by Crippen LogP contribution is 2.23. The summed E-state index contributed by atoms with van der Waals surface area (Å²) in [6.45, 7) is 1.97. The highest BCUT2D eigenvalue weighted by Gasteiger charge is 2.00. The maximum Gasteiger partial charge on any atom is 0.108 e. The van der Waals surface area contributed by atoms with E-state index in [1.807, 2.05) is 19.1 Å². The van der Waals surface area contributed by atoms with Gasteiger partial charge in [0.25, 0.3) is 0 Å². The van der Waals surface area contributed by atoms with Crippen LogP contribution >= 0.6 is 15.9 Å². The first kappa shape index (κ1) is 6.92. The van der Waals surface area contributed by atoms with Gasteiger partial charge in [-0.05, 0) is 25.1 Å². The van der Waals surface area contributed by atoms with Crippen LogP contribution < -0.4 is 0 Å². The molecule has 0 aliphatic heterocycles. The van der Waals surface area contributed by atoms with Crippen LogP contribution in [0.3, 0.4) is 0 Å². The summed E-state index contributed by atoms with van der Waals surface area (Å²) in [5.41, 5.74) is 0. The minimum atomic E-state index is 0.979. The fourth-order valence-corrected chi connectivity index (χ4v) is 1.55. The van der Waals surface area contributed by atoms with E-state index in [2.05, 4.69) is 22.0 Å². The molecule has 0 saturated carbocycles. The monoisotopic (exact) mass is 210 g/mol. The number of aryl methyl sites for hydroxylation is 1. The van der Waals surface area contributed by atoms with E-state index >= 15 is 0 Å². The molecule has 0 saturated heterocycles. The average Bonchev–Trinajstić information content (AvgIpc) is 2.32. The Balaban J connectivity index is 2.86. The van der Waals surface area contributed by atoms with E-state index in [4.69, 9.17) is 4.42 Å². The summed E-state index contributed by atoms with van der Waals surface area (Å²) in [4.78, 5) is 0. The Morgan fingerprint density at radius 3 is 3.00 bits per heavy atom. The van der Waals surface area contributed by atoms with Crippen molar-refractivity contribution in [1.82, 2.24) is 0 Å². The number of hydrogen-bond donors (Lipinski definition) is 0. The molecule has 0 unspecified atom stereocenters. The zero-order valence-electron chi connectivity index (χ0n) is 6.10. The van der Waals surface area contributed by atoms with Crippen molar-refractivity contribution < 1.29 is 4.42 Å². The van der Waals surface area contributed by atoms with E-state index in [9.17, 15) is 0 Å². The fourth-order valence-electron chi connectivity index (χ4n) is 1.17. The van der Waals surface area contributed by atoms with Crippen molar-refractivity contribution in [3.63, 3.8) is 0 Å². The van der Waals surface area contributed by atoms with Gasteiger partial charge >= 0.3 is 0 Å². The summed E-state index contributed by atoms with van der Waals surface area (Å²) in [6, 6.07) is 6.12. The standard InChI is InChI=1S/C9H7BrO/c1-6-9-3-2-8(10)4-7(9)5-11-6/h2-5H,1H3. The largest absolute Gasteiger partial charge is 0.468 e. The molecule has 1 nitrogen and oxygen atoms in total. The van der Waals surface area contributed by atoms with Gasteiger partial charge in [0, 0.05) is 15.2 Å². The summed E-state index contributed by atoms with van der Waals surface area (Å²) in [7, 11) is 0. The lowest BCUT2D eigenvalue weighted by Crippen LogP contribution is -1.67. The third-order valence-electron chi connectivity index (χ3n) is 1.76. The SMILES string of the molecule is Cc1occ2cc(Br)ccc12. The minimum absolute atomic E-state index is 0.979.